The smallest absolute Gasteiger partial charge is 0.338 e. The third kappa shape index (κ3) is 3.78. The summed E-state index contributed by atoms with van der Waals surface area (Å²) in [5.74, 6) is -0.954. The highest BCUT2D eigenvalue weighted by molar-refractivity contribution is 6.33. The van der Waals surface area contributed by atoms with Crippen molar-refractivity contribution in [3.05, 3.63) is 63.6 Å². The average molecular weight is 338 g/mol. The van der Waals surface area contributed by atoms with E-state index in [1.54, 1.807) is 24.3 Å². The van der Waals surface area contributed by atoms with Crippen molar-refractivity contribution in [3.63, 3.8) is 0 Å². The van der Waals surface area contributed by atoms with Crippen molar-refractivity contribution in [1.82, 2.24) is 0 Å². The Kier molecular flexibility index (Phi) is 5.06. The maximum absolute atomic E-state index is 12.2. The molecule has 0 radical (unpaired) electrons. The fourth-order valence-electron chi connectivity index (χ4n) is 1.80. The molecule has 0 fully saturated rings. The quantitative estimate of drug-likeness (QED) is 0.520. The highest BCUT2D eigenvalue weighted by atomic mass is 35.5. The summed E-state index contributed by atoms with van der Waals surface area (Å²) in [6.07, 6.45) is -0.925. The molecule has 0 bridgehead atoms. The van der Waals surface area contributed by atoms with Gasteiger partial charge in [0.25, 0.3) is 0 Å². The van der Waals surface area contributed by atoms with Crippen molar-refractivity contribution in [2.75, 3.05) is 5.73 Å². The monoisotopic (exact) mass is 337 g/mol. The van der Waals surface area contributed by atoms with Crippen molar-refractivity contribution >= 4 is 40.6 Å². The van der Waals surface area contributed by atoms with Crippen LogP contribution in [0, 0.1) is 0 Å². The van der Waals surface area contributed by atoms with Gasteiger partial charge in [-0.25, -0.2) is 4.79 Å². The molecule has 0 amide bonds. The van der Waals surface area contributed by atoms with Crippen LogP contribution >= 0.6 is 23.2 Å². The normalized spacial score (nSPS) is 11.8. The molecule has 0 saturated heterocycles. The lowest BCUT2D eigenvalue weighted by Gasteiger charge is -2.13. The highest BCUT2D eigenvalue weighted by Gasteiger charge is 2.20. The number of carbonyl (C=O) groups is 2. The summed E-state index contributed by atoms with van der Waals surface area (Å²) in [5.41, 5.74) is 6.56. The molecule has 0 aliphatic rings. The minimum Gasteiger partial charge on any atom is -0.451 e. The summed E-state index contributed by atoms with van der Waals surface area (Å²) in [6, 6.07) is 10.8. The molecule has 2 N–H and O–H groups in total. The second-order valence-corrected chi connectivity index (χ2v) is 5.50. The molecule has 0 spiro atoms. The van der Waals surface area contributed by atoms with Crippen LogP contribution in [0.15, 0.2) is 42.5 Å². The van der Waals surface area contributed by atoms with Crippen LogP contribution in [0.4, 0.5) is 5.69 Å². The number of rotatable bonds is 4. The Balaban J connectivity index is 2.08. The lowest BCUT2D eigenvalue weighted by atomic mass is 10.1. The van der Waals surface area contributed by atoms with E-state index in [4.69, 9.17) is 33.7 Å². The van der Waals surface area contributed by atoms with Gasteiger partial charge in [-0.3, -0.25) is 4.79 Å². The van der Waals surface area contributed by atoms with E-state index in [2.05, 4.69) is 0 Å². The first-order valence-electron chi connectivity index (χ1n) is 6.44. The number of hydrogen-bond acceptors (Lipinski definition) is 4. The summed E-state index contributed by atoms with van der Waals surface area (Å²) >= 11 is 11.6. The Bertz CT molecular complexity index is 714. The van der Waals surface area contributed by atoms with Crippen LogP contribution in [0.2, 0.25) is 10.0 Å². The van der Waals surface area contributed by atoms with Crippen LogP contribution < -0.4 is 5.73 Å². The molecule has 0 unspecified atom stereocenters. The van der Waals surface area contributed by atoms with E-state index >= 15 is 0 Å². The maximum atomic E-state index is 12.2. The van der Waals surface area contributed by atoms with Gasteiger partial charge < -0.3 is 10.5 Å². The Hall–Kier alpha value is -2.04. The first-order chi connectivity index (χ1) is 10.4. The first kappa shape index (κ1) is 16.3. The zero-order valence-electron chi connectivity index (χ0n) is 11.7. The molecule has 114 valence electrons. The van der Waals surface area contributed by atoms with Gasteiger partial charge in [0.15, 0.2) is 6.10 Å². The second-order valence-electron chi connectivity index (χ2n) is 4.65. The Morgan fingerprint density at radius 2 is 1.64 bits per heavy atom. The fourth-order valence-corrected chi connectivity index (χ4v) is 2.05. The van der Waals surface area contributed by atoms with Crippen LogP contribution in [0.3, 0.4) is 0 Å². The van der Waals surface area contributed by atoms with Gasteiger partial charge in [0.1, 0.15) is 0 Å². The number of halogens is 2. The number of esters is 1. The first-order valence-corrected chi connectivity index (χ1v) is 7.20. The molecule has 0 heterocycles. The number of ether oxygens (including phenoxy) is 1. The summed E-state index contributed by atoms with van der Waals surface area (Å²) in [5, 5.41) is 0.875. The zero-order valence-corrected chi connectivity index (χ0v) is 13.2. The predicted octanol–water partition coefficient (Wildman–Crippen LogP) is 4.00. The van der Waals surface area contributed by atoms with Crippen molar-refractivity contribution in [3.8, 4) is 0 Å². The molecular formula is C16H13Cl2NO3. The van der Waals surface area contributed by atoms with Crippen molar-refractivity contribution in [1.29, 1.82) is 0 Å². The number of nitrogens with two attached hydrogens (primary N) is 1. The highest BCUT2D eigenvalue weighted by Crippen LogP contribution is 2.20. The maximum Gasteiger partial charge on any atom is 0.338 e. The van der Waals surface area contributed by atoms with Crippen molar-refractivity contribution in [2.24, 2.45) is 0 Å². The van der Waals surface area contributed by atoms with Crippen LogP contribution in [0.25, 0.3) is 0 Å². The zero-order chi connectivity index (χ0) is 16.3. The van der Waals surface area contributed by atoms with Gasteiger partial charge in [0.05, 0.1) is 16.3 Å². The third-order valence-corrected chi connectivity index (χ3v) is 3.61. The molecule has 0 aliphatic heterocycles. The number of Topliss-reactive ketones (excluding diaryl/α,β-unsaturated/α-hetero) is 1. The van der Waals surface area contributed by atoms with E-state index in [1.807, 2.05) is 0 Å². The molecule has 1 atom stereocenters. The second kappa shape index (κ2) is 6.81. The Morgan fingerprint density at radius 3 is 2.23 bits per heavy atom. The van der Waals surface area contributed by atoms with E-state index in [0.29, 0.717) is 15.6 Å². The molecule has 0 saturated carbocycles. The fraction of sp³-hybridized carbons (Fsp3) is 0.125. The molecule has 0 aliphatic carbocycles. The van der Waals surface area contributed by atoms with Crippen molar-refractivity contribution < 1.29 is 14.3 Å². The van der Waals surface area contributed by atoms with Crippen LogP contribution in [-0.2, 0) is 4.74 Å². The molecule has 22 heavy (non-hydrogen) atoms. The van der Waals surface area contributed by atoms with E-state index in [0.717, 1.165) is 0 Å². The number of ketones is 1. The molecule has 4 nitrogen and oxygen atoms in total. The minimum atomic E-state index is -0.925. The van der Waals surface area contributed by atoms with Crippen molar-refractivity contribution in [2.45, 2.75) is 13.0 Å². The number of nitrogen functional groups attached to an aromatic ring is 1. The summed E-state index contributed by atoms with van der Waals surface area (Å²) < 4.78 is 5.16. The lowest BCUT2D eigenvalue weighted by molar-refractivity contribution is 0.0319. The van der Waals surface area contributed by atoms with Crippen LogP contribution in [0.5, 0.6) is 0 Å². The van der Waals surface area contributed by atoms with Gasteiger partial charge in [0.2, 0.25) is 5.78 Å². The lowest BCUT2D eigenvalue weighted by Crippen LogP contribution is -2.24. The van der Waals surface area contributed by atoms with Gasteiger partial charge >= 0.3 is 5.97 Å². The summed E-state index contributed by atoms with van der Waals surface area (Å²) in [6.45, 7) is 1.51. The van der Waals surface area contributed by atoms with Gasteiger partial charge in [-0.1, -0.05) is 23.2 Å². The van der Waals surface area contributed by atoms with E-state index in [-0.39, 0.29) is 17.0 Å². The SMILES string of the molecule is C[C@H](OC(=O)c1ccc(Cl)c(N)c1)C(=O)c1ccc(Cl)cc1. The number of hydrogen-bond donors (Lipinski definition) is 1. The predicted molar refractivity (Wildman–Crippen MR) is 86.5 cm³/mol. The average Bonchev–Trinajstić information content (AvgIpc) is 2.50. The molecule has 2 rings (SSSR count). The van der Waals surface area contributed by atoms with Gasteiger partial charge in [-0.2, -0.15) is 0 Å². The third-order valence-electron chi connectivity index (χ3n) is 3.01. The number of anilines is 1. The standard InChI is InChI=1S/C16H13Cl2NO3/c1-9(15(20)10-2-5-12(17)6-3-10)22-16(21)11-4-7-13(18)14(19)8-11/h2-9H,19H2,1H3/t9-/m0/s1. The Labute approximate surface area is 137 Å². The summed E-state index contributed by atoms with van der Waals surface area (Å²) in [4.78, 5) is 24.2. The largest absolute Gasteiger partial charge is 0.451 e. The minimum absolute atomic E-state index is 0.234. The van der Waals surface area contributed by atoms with Crippen LogP contribution in [-0.4, -0.2) is 17.9 Å². The van der Waals surface area contributed by atoms with E-state index < -0.39 is 12.1 Å². The Morgan fingerprint density at radius 1 is 1.05 bits per heavy atom. The van der Waals surface area contributed by atoms with Gasteiger partial charge in [-0.05, 0) is 49.4 Å². The molecular weight excluding hydrogens is 325 g/mol. The molecule has 6 heteroatoms. The molecule has 2 aromatic carbocycles. The topological polar surface area (TPSA) is 69.4 Å². The number of benzene rings is 2. The number of carbonyl (C=O) groups excluding carboxylic acids is 2. The summed E-state index contributed by atoms with van der Waals surface area (Å²) in [7, 11) is 0. The van der Waals surface area contributed by atoms with Gasteiger partial charge in [-0.15, -0.1) is 0 Å². The van der Waals surface area contributed by atoms with Gasteiger partial charge in [0, 0.05) is 10.6 Å². The van der Waals surface area contributed by atoms with E-state index in [9.17, 15) is 9.59 Å². The molecule has 2 aromatic rings. The molecule has 0 aromatic heterocycles. The van der Waals surface area contributed by atoms with Crippen LogP contribution in [0.1, 0.15) is 27.6 Å². The van der Waals surface area contributed by atoms with E-state index in [1.165, 1.54) is 25.1 Å².